The van der Waals surface area contributed by atoms with Gasteiger partial charge in [-0.15, -0.1) is 12.4 Å². The molecule has 5 nitrogen and oxygen atoms in total. The highest BCUT2D eigenvalue weighted by Crippen LogP contribution is 2.30. The van der Waals surface area contributed by atoms with Crippen LogP contribution in [0.1, 0.15) is 41.5 Å². The van der Waals surface area contributed by atoms with Gasteiger partial charge >= 0.3 is 11.9 Å². The maximum absolute atomic E-state index is 11.6. The smallest absolute Gasteiger partial charge is 0.333 e. The second-order valence-corrected chi connectivity index (χ2v) is 5.29. The first kappa shape index (κ1) is 24.7. The van der Waals surface area contributed by atoms with Crippen molar-refractivity contribution in [2.75, 3.05) is 7.11 Å². The Morgan fingerprint density at radius 1 is 1.10 bits per heavy atom. The predicted molar refractivity (Wildman–Crippen MR) is 86.8 cm³/mol. The third-order valence-electron chi connectivity index (χ3n) is 3.48. The minimum atomic E-state index is -0.727. The molecule has 0 heterocycles. The summed E-state index contributed by atoms with van der Waals surface area (Å²) in [5, 5.41) is 0. The third kappa shape index (κ3) is 6.78. The molecule has 0 aliphatic heterocycles. The Bertz CT molecular complexity index is 427. The standard InChI is InChI=1S/C15H24O4.ClH.H3N/c1-9(2)13(16)19-15(6,7)12(5)10(3)11(4)14(17)18-8;;/h12H,1H2,2-8H3;1H;1H3. The van der Waals surface area contributed by atoms with Gasteiger partial charge in [-0.3, -0.25) is 0 Å². The zero-order valence-electron chi connectivity index (χ0n) is 14.0. The summed E-state index contributed by atoms with van der Waals surface area (Å²) in [5.74, 6) is -0.915. The first-order valence-electron chi connectivity index (χ1n) is 6.19. The Morgan fingerprint density at radius 3 is 1.86 bits per heavy atom. The molecule has 0 bridgehead atoms. The Labute approximate surface area is 133 Å². The summed E-state index contributed by atoms with van der Waals surface area (Å²) in [6.45, 7) is 14.2. The van der Waals surface area contributed by atoms with Crippen LogP contribution in [0.4, 0.5) is 0 Å². The average Bonchev–Trinajstić information content (AvgIpc) is 2.34. The Kier molecular flexibility index (Phi) is 11.3. The van der Waals surface area contributed by atoms with Crippen molar-refractivity contribution in [2.45, 2.75) is 47.1 Å². The van der Waals surface area contributed by atoms with Crippen molar-refractivity contribution in [3.8, 4) is 0 Å². The van der Waals surface area contributed by atoms with Gasteiger partial charge in [0.05, 0.1) is 7.11 Å². The summed E-state index contributed by atoms with van der Waals surface area (Å²) < 4.78 is 10.1. The van der Waals surface area contributed by atoms with Crippen LogP contribution in [0.2, 0.25) is 0 Å². The highest BCUT2D eigenvalue weighted by atomic mass is 35.5. The molecule has 124 valence electrons. The average molecular weight is 322 g/mol. The minimum absolute atomic E-state index is 0. The normalized spacial score (nSPS) is 12.9. The maximum Gasteiger partial charge on any atom is 0.333 e. The molecular weight excluding hydrogens is 294 g/mol. The summed E-state index contributed by atoms with van der Waals surface area (Å²) in [6.07, 6.45) is 0. The van der Waals surface area contributed by atoms with Crippen LogP contribution in [-0.2, 0) is 19.1 Å². The number of carbonyl (C=O) groups is 2. The lowest BCUT2D eigenvalue weighted by Crippen LogP contribution is -2.36. The number of methoxy groups -OCH3 is 1. The van der Waals surface area contributed by atoms with Gasteiger partial charge in [0.25, 0.3) is 0 Å². The maximum atomic E-state index is 11.6. The molecule has 0 aliphatic carbocycles. The van der Waals surface area contributed by atoms with Crippen molar-refractivity contribution in [1.82, 2.24) is 6.15 Å². The van der Waals surface area contributed by atoms with Gasteiger partial charge in [-0.2, -0.15) is 0 Å². The van der Waals surface area contributed by atoms with Crippen LogP contribution in [0.25, 0.3) is 0 Å². The van der Waals surface area contributed by atoms with Crippen LogP contribution < -0.4 is 6.15 Å². The molecule has 1 atom stereocenters. The van der Waals surface area contributed by atoms with Gasteiger partial charge in [-0.25, -0.2) is 9.59 Å². The van der Waals surface area contributed by atoms with E-state index in [-0.39, 0.29) is 30.4 Å². The highest BCUT2D eigenvalue weighted by molar-refractivity contribution is 5.89. The molecule has 0 aromatic carbocycles. The zero-order chi connectivity index (χ0) is 15.4. The summed E-state index contributed by atoms with van der Waals surface area (Å²) in [5.41, 5.74) is 1.00. The fraction of sp³-hybridized carbons (Fsp3) is 0.600. The molecular formula is C15H28ClNO4. The van der Waals surface area contributed by atoms with E-state index in [1.807, 2.05) is 27.7 Å². The molecule has 1 unspecified atom stereocenters. The van der Waals surface area contributed by atoms with Crippen LogP contribution in [0.5, 0.6) is 0 Å². The van der Waals surface area contributed by atoms with E-state index in [1.54, 1.807) is 13.8 Å². The molecule has 0 saturated carbocycles. The van der Waals surface area contributed by atoms with Crippen molar-refractivity contribution in [1.29, 1.82) is 0 Å². The molecule has 0 aliphatic rings. The van der Waals surface area contributed by atoms with Gasteiger partial charge in [0.15, 0.2) is 0 Å². The van der Waals surface area contributed by atoms with Crippen LogP contribution in [-0.4, -0.2) is 24.6 Å². The first-order valence-corrected chi connectivity index (χ1v) is 6.19. The quantitative estimate of drug-likeness (QED) is 0.617. The molecule has 21 heavy (non-hydrogen) atoms. The minimum Gasteiger partial charge on any atom is -0.466 e. The highest BCUT2D eigenvalue weighted by Gasteiger charge is 2.32. The Morgan fingerprint density at radius 2 is 1.52 bits per heavy atom. The van der Waals surface area contributed by atoms with Crippen molar-refractivity contribution in [3.05, 3.63) is 23.3 Å². The molecule has 0 fully saturated rings. The summed E-state index contributed by atoms with van der Waals surface area (Å²) in [6, 6.07) is 0. The SMILES string of the molecule is C=C(C)C(=O)OC(C)(C)C(C)C(C)=C(C)C(=O)OC.Cl.N. The number of hydrogen-bond acceptors (Lipinski definition) is 5. The van der Waals surface area contributed by atoms with E-state index in [0.717, 1.165) is 5.57 Å². The molecule has 0 rings (SSSR count). The molecule has 0 spiro atoms. The number of ether oxygens (including phenoxy) is 2. The van der Waals surface area contributed by atoms with Gasteiger partial charge in [0.2, 0.25) is 0 Å². The van der Waals surface area contributed by atoms with Crippen molar-refractivity contribution in [3.63, 3.8) is 0 Å². The Hall–Kier alpha value is -1.33. The number of halogens is 1. The predicted octanol–water partition coefficient (Wildman–Crippen LogP) is 3.61. The van der Waals surface area contributed by atoms with E-state index < -0.39 is 11.6 Å². The van der Waals surface area contributed by atoms with Crippen LogP contribution in [0.3, 0.4) is 0 Å². The fourth-order valence-corrected chi connectivity index (χ4v) is 1.57. The van der Waals surface area contributed by atoms with E-state index in [1.165, 1.54) is 7.11 Å². The van der Waals surface area contributed by atoms with Crippen molar-refractivity contribution < 1.29 is 19.1 Å². The lowest BCUT2D eigenvalue weighted by molar-refractivity contribution is -0.154. The van der Waals surface area contributed by atoms with E-state index in [0.29, 0.717) is 11.1 Å². The van der Waals surface area contributed by atoms with Gasteiger partial charge in [-0.05, 0) is 34.6 Å². The monoisotopic (exact) mass is 321 g/mol. The van der Waals surface area contributed by atoms with Crippen molar-refractivity contribution in [2.24, 2.45) is 5.92 Å². The van der Waals surface area contributed by atoms with Crippen LogP contribution in [0.15, 0.2) is 23.3 Å². The van der Waals surface area contributed by atoms with Crippen molar-refractivity contribution >= 4 is 24.3 Å². The molecule has 3 N–H and O–H groups in total. The molecule has 0 amide bonds. The van der Waals surface area contributed by atoms with E-state index in [9.17, 15) is 9.59 Å². The Balaban J connectivity index is -0.00000162. The van der Waals surface area contributed by atoms with E-state index in [2.05, 4.69) is 6.58 Å². The second-order valence-electron chi connectivity index (χ2n) is 5.29. The molecule has 6 heteroatoms. The summed E-state index contributed by atoms with van der Waals surface area (Å²) >= 11 is 0. The topological polar surface area (TPSA) is 87.6 Å². The summed E-state index contributed by atoms with van der Waals surface area (Å²) in [4.78, 5) is 23.1. The van der Waals surface area contributed by atoms with Gasteiger partial charge < -0.3 is 15.6 Å². The van der Waals surface area contributed by atoms with Crippen LogP contribution in [0, 0.1) is 5.92 Å². The lowest BCUT2D eigenvalue weighted by atomic mass is 9.84. The number of carbonyl (C=O) groups excluding carboxylic acids is 2. The van der Waals surface area contributed by atoms with E-state index in [4.69, 9.17) is 9.47 Å². The fourth-order valence-electron chi connectivity index (χ4n) is 1.57. The molecule has 0 aromatic rings. The van der Waals surface area contributed by atoms with E-state index >= 15 is 0 Å². The van der Waals surface area contributed by atoms with Gasteiger partial charge in [0.1, 0.15) is 5.60 Å². The molecule has 0 saturated heterocycles. The number of esters is 2. The zero-order valence-corrected chi connectivity index (χ0v) is 14.8. The summed E-state index contributed by atoms with van der Waals surface area (Å²) in [7, 11) is 1.34. The first-order chi connectivity index (χ1) is 8.54. The van der Waals surface area contributed by atoms with Crippen LogP contribution >= 0.6 is 12.4 Å². The number of hydrogen-bond donors (Lipinski definition) is 1. The molecule has 0 aromatic heterocycles. The lowest BCUT2D eigenvalue weighted by Gasteiger charge is -2.33. The molecule has 0 radical (unpaired) electrons. The largest absolute Gasteiger partial charge is 0.466 e. The number of rotatable bonds is 5. The van der Waals surface area contributed by atoms with Gasteiger partial charge in [0, 0.05) is 17.1 Å². The second kappa shape index (κ2) is 9.58. The van der Waals surface area contributed by atoms with Gasteiger partial charge in [-0.1, -0.05) is 19.1 Å². The third-order valence-corrected chi connectivity index (χ3v) is 3.48.